The highest BCUT2D eigenvalue weighted by molar-refractivity contribution is 6.15. The van der Waals surface area contributed by atoms with Gasteiger partial charge in [-0.05, 0) is 24.3 Å². The molecule has 1 atom stereocenters. The lowest BCUT2D eigenvalue weighted by atomic mass is 10.0. The summed E-state index contributed by atoms with van der Waals surface area (Å²) in [5, 5.41) is 18.8. The standard InChI is InChI=1S/C18H15N3O3/c1-20(2)14-8-4-7-13-15(10-19)21(17(22)16(13)14)12-6-3-5-11(9-12)18(23)24/h3-9,15H,1-2H3,(H,23,24). The summed E-state index contributed by atoms with van der Waals surface area (Å²) in [5.74, 6) is -1.38. The zero-order valence-corrected chi connectivity index (χ0v) is 13.2. The van der Waals surface area contributed by atoms with Crippen molar-refractivity contribution >= 4 is 23.3 Å². The highest BCUT2D eigenvalue weighted by Gasteiger charge is 2.40. The van der Waals surface area contributed by atoms with E-state index in [1.807, 2.05) is 31.1 Å². The van der Waals surface area contributed by atoms with Gasteiger partial charge in [0.25, 0.3) is 5.91 Å². The van der Waals surface area contributed by atoms with Crippen molar-refractivity contribution in [2.75, 3.05) is 23.9 Å². The predicted molar refractivity (Wildman–Crippen MR) is 89.3 cm³/mol. The summed E-state index contributed by atoms with van der Waals surface area (Å²) in [4.78, 5) is 27.3. The zero-order valence-electron chi connectivity index (χ0n) is 13.2. The smallest absolute Gasteiger partial charge is 0.335 e. The van der Waals surface area contributed by atoms with Crippen LogP contribution in [0.2, 0.25) is 0 Å². The number of carbonyl (C=O) groups is 2. The predicted octanol–water partition coefficient (Wildman–Crippen LogP) is 2.68. The molecule has 1 unspecified atom stereocenters. The Morgan fingerprint density at radius 1 is 1.25 bits per heavy atom. The first-order chi connectivity index (χ1) is 11.5. The molecule has 0 aliphatic carbocycles. The van der Waals surface area contributed by atoms with Gasteiger partial charge in [0, 0.05) is 31.0 Å². The summed E-state index contributed by atoms with van der Waals surface area (Å²) < 4.78 is 0. The second kappa shape index (κ2) is 5.70. The first-order valence-corrected chi connectivity index (χ1v) is 7.32. The van der Waals surface area contributed by atoms with Gasteiger partial charge in [-0.15, -0.1) is 0 Å². The average molecular weight is 321 g/mol. The van der Waals surface area contributed by atoms with E-state index in [1.54, 1.807) is 18.2 Å². The van der Waals surface area contributed by atoms with Gasteiger partial charge in [-0.3, -0.25) is 9.69 Å². The van der Waals surface area contributed by atoms with E-state index in [9.17, 15) is 14.9 Å². The molecule has 6 heteroatoms. The number of aromatic carboxylic acids is 1. The molecule has 1 aliphatic heterocycles. The van der Waals surface area contributed by atoms with Gasteiger partial charge in [0.2, 0.25) is 0 Å². The van der Waals surface area contributed by atoms with Crippen LogP contribution in [0.4, 0.5) is 11.4 Å². The van der Waals surface area contributed by atoms with Crippen molar-refractivity contribution in [3.63, 3.8) is 0 Å². The second-order valence-electron chi connectivity index (χ2n) is 5.70. The average Bonchev–Trinajstić information content (AvgIpc) is 2.87. The summed E-state index contributed by atoms with van der Waals surface area (Å²) in [6, 6.07) is 12.8. The van der Waals surface area contributed by atoms with Gasteiger partial charge in [-0.1, -0.05) is 18.2 Å². The van der Waals surface area contributed by atoms with Crippen molar-refractivity contribution in [2.45, 2.75) is 6.04 Å². The van der Waals surface area contributed by atoms with Crippen LogP contribution in [0.5, 0.6) is 0 Å². The first-order valence-electron chi connectivity index (χ1n) is 7.32. The Bertz CT molecular complexity index is 883. The van der Waals surface area contributed by atoms with Crippen LogP contribution in [-0.2, 0) is 0 Å². The van der Waals surface area contributed by atoms with Gasteiger partial charge in [-0.2, -0.15) is 5.26 Å². The molecule has 24 heavy (non-hydrogen) atoms. The minimum absolute atomic E-state index is 0.0702. The van der Waals surface area contributed by atoms with Crippen LogP contribution in [0.1, 0.15) is 32.3 Å². The van der Waals surface area contributed by atoms with Crippen molar-refractivity contribution in [2.24, 2.45) is 0 Å². The first kappa shape index (κ1) is 15.6. The normalized spacial score (nSPS) is 15.8. The van der Waals surface area contributed by atoms with Crippen molar-refractivity contribution in [1.82, 2.24) is 0 Å². The zero-order chi connectivity index (χ0) is 17.4. The molecule has 1 aliphatic rings. The van der Waals surface area contributed by atoms with Gasteiger partial charge in [0.1, 0.15) is 0 Å². The Morgan fingerprint density at radius 2 is 1.96 bits per heavy atom. The van der Waals surface area contributed by atoms with E-state index < -0.39 is 12.0 Å². The maximum absolute atomic E-state index is 13.0. The van der Waals surface area contributed by atoms with E-state index in [1.165, 1.54) is 17.0 Å². The van der Waals surface area contributed by atoms with E-state index in [-0.39, 0.29) is 11.5 Å². The highest BCUT2D eigenvalue weighted by Crippen LogP contribution is 2.41. The number of nitriles is 1. The summed E-state index contributed by atoms with van der Waals surface area (Å²) in [5.41, 5.74) is 2.31. The van der Waals surface area contributed by atoms with Gasteiger partial charge >= 0.3 is 5.97 Å². The fourth-order valence-electron chi connectivity index (χ4n) is 2.95. The number of hydrogen-bond acceptors (Lipinski definition) is 4. The number of carbonyl (C=O) groups excluding carboxylic acids is 1. The number of rotatable bonds is 3. The molecule has 2 aromatic carbocycles. The highest BCUT2D eigenvalue weighted by atomic mass is 16.4. The minimum Gasteiger partial charge on any atom is -0.478 e. The Hall–Kier alpha value is -3.33. The number of hydrogen-bond donors (Lipinski definition) is 1. The molecule has 1 heterocycles. The largest absolute Gasteiger partial charge is 0.478 e. The molecule has 0 saturated heterocycles. The SMILES string of the molecule is CN(C)c1cccc2c1C(=O)N(c1cccc(C(=O)O)c1)C2C#N. The quantitative estimate of drug-likeness (QED) is 0.939. The number of carboxylic acid groups (broad SMARTS) is 1. The van der Waals surface area contributed by atoms with Gasteiger partial charge in [0.15, 0.2) is 6.04 Å². The molecule has 0 fully saturated rings. The molecule has 3 rings (SSSR count). The number of amides is 1. The number of benzene rings is 2. The summed E-state index contributed by atoms with van der Waals surface area (Å²) in [6.07, 6.45) is 0. The lowest BCUT2D eigenvalue weighted by Crippen LogP contribution is -2.27. The Balaban J connectivity index is 2.16. The molecule has 2 aromatic rings. The summed E-state index contributed by atoms with van der Waals surface area (Å²) >= 11 is 0. The van der Waals surface area contributed by atoms with Crippen molar-refractivity contribution < 1.29 is 14.7 Å². The fourth-order valence-corrected chi connectivity index (χ4v) is 2.95. The lowest BCUT2D eigenvalue weighted by molar-refractivity contribution is 0.0696. The Morgan fingerprint density at radius 3 is 2.58 bits per heavy atom. The number of nitrogens with zero attached hydrogens (tertiary/aromatic N) is 3. The molecule has 120 valence electrons. The summed E-state index contributed by atoms with van der Waals surface area (Å²) in [7, 11) is 3.66. The third-order valence-electron chi connectivity index (χ3n) is 4.04. The van der Waals surface area contributed by atoms with E-state index in [2.05, 4.69) is 6.07 Å². The Kier molecular flexibility index (Phi) is 3.70. The van der Waals surface area contributed by atoms with Crippen LogP contribution in [0.3, 0.4) is 0 Å². The monoisotopic (exact) mass is 321 g/mol. The molecule has 0 spiro atoms. The molecule has 0 aromatic heterocycles. The van der Waals surface area contributed by atoms with Crippen LogP contribution < -0.4 is 9.80 Å². The fraction of sp³-hybridized carbons (Fsp3) is 0.167. The molecule has 0 saturated carbocycles. The Labute approximate surface area is 139 Å². The van der Waals surface area contributed by atoms with Crippen LogP contribution >= 0.6 is 0 Å². The van der Waals surface area contributed by atoms with E-state index >= 15 is 0 Å². The number of fused-ring (bicyclic) bond motifs is 1. The number of carboxylic acids is 1. The van der Waals surface area contributed by atoms with Gasteiger partial charge < -0.3 is 10.0 Å². The minimum atomic E-state index is -1.08. The lowest BCUT2D eigenvalue weighted by Gasteiger charge is -2.20. The molecule has 6 nitrogen and oxygen atoms in total. The van der Waals surface area contributed by atoms with Crippen molar-refractivity contribution in [3.05, 3.63) is 59.2 Å². The van der Waals surface area contributed by atoms with Gasteiger partial charge in [0.05, 0.1) is 17.2 Å². The molecule has 0 radical (unpaired) electrons. The summed E-state index contributed by atoms with van der Waals surface area (Å²) in [6.45, 7) is 0. The molecular weight excluding hydrogens is 306 g/mol. The second-order valence-corrected chi connectivity index (χ2v) is 5.70. The van der Waals surface area contributed by atoms with E-state index in [4.69, 9.17) is 5.11 Å². The maximum Gasteiger partial charge on any atom is 0.335 e. The number of anilines is 2. The molecule has 0 bridgehead atoms. The van der Waals surface area contributed by atoms with E-state index in [0.717, 1.165) is 5.69 Å². The van der Waals surface area contributed by atoms with Crippen LogP contribution in [0.15, 0.2) is 42.5 Å². The molecule has 1 amide bonds. The van der Waals surface area contributed by atoms with Crippen LogP contribution in [0, 0.1) is 11.3 Å². The molecule has 1 N–H and O–H groups in total. The topological polar surface area (TPSA) is 84.6 Å². The third kappa shape index (κ3) is 2.27. The molecular formula is C18H15N3O3. The van der Waals surface area contributed by atoms with Crippen molar-refractivity contribution in [1.29, 1.82) is 5.26 Å². The third-order valence-corrected chi connectivity index (χ3v) is 4.04. The van der Waals surface area contributed by atoms with Crippen LogP contribution in [-0.4, -0.2) is 31.1 Å². The van der Waals surface area contributed by atoms with E-state index in [0.29, 0.717) is 16.8 Å². The van der Waals surface area contributed by atoms with Gasteiger partial charge in [-0.25, -0.2) is 4.79 Å². The maximum atomic E-state index is 13.0. The van der Waals surface area contributed by atoms with Crippen molar-refractivity contribution in [3.8, 4) is 6.07 Å². The van der Waals surface area contributed by atoms with Crippen LogP contribution in [0.25, 0.3) is 0 Å².